The van der Waals surface area contributed by atoms with E-state index in [4.69, 9.17) is 11.6 Å². The van der Waals surface area contributed by atoms with Gasteiger partial charge in [0.15, 0.2) is 5.16 Å². The smallest absolute Gasteiger partial charge is 0.266 e. The minimum Gasteiger partial charge on any atom is -0.325 e. The van der Waals surface area contributed by atoms with Crippen molar-refractivity contribution in [1.29, 1.82) is 0 Å². The van der Waals surface area contributed by atoms with Crippen molar-refractivity contribution < 1.29 is 4.79 Å². The highest BCUT2D eigenvalue weighted by molar-refractivity contribution is 7.99. The van der Waals surface area contributed by atoms with Crippen LogP contribution in [0.4, 0.5) is 5.69 Å². The number of carbonyl (C=O) groups is 1. The van der Waals surface area contributed by atoms with Crippen LogP contribution in [0.5, 0.6) is 0 Å². The van der Waals surface area contributed by atoms with Crippen molar-refractivity contribution in [3.05, 3.63) is 93.2 Å². The van der Waals surface area contributed by atoms with Crippen molar-refractivity contribution in [3.63, 3.8) is 0 Å². The zero-order valence-electron chi connectivity index (χ0n) is 17.1. The van der Waals surface area contributed by atoms with Crippen molar-refractivity contribution in [3.8, 4) is 5.69 Å². The van der Waals surface area contributed by atoms with Gasteiger partial charge in [0.1, 0.15) is 0 Å². The number of aryl methyl sites for hydroxylation is 1. The largest absolute Gasteiger partial charge is 0.325 e. The van der Waals surface area contributed by atoms with E-state index in [-0.39, 0.29) is 17.2 Å². The molecular weight excluding hydrogens is 430 g/mol. The van der Waals surface area contributed by atoms with Crippen molar-refractivity contribution in [2.24, 2.45) is 0 Å². The lowest BCUT2D eigenvalue weighted by molar-refractivity contribution is -0.113. The van der Waals surface area contributed by atoms with Crippen LogP contribution in [0.1, 0.15) is 11.1 Å². The summed E-state index contributed by atoms with van der Waals surface area (Å²) < 4.78 is 1.52. The van der Waals surface area contributed by atoms with E-state index in [1.807, 2.05) is 44.2 Å². The molecule has 0 radical (unpaired) electrons. The van der Waals surface area contributed by atoms with Gasteiger partial charge in [-0.15, -0.1) is 0 Å². The predicted octanol–water partition coefficient (Wildman–Crippen LogP) is 5.39. The number of amides is 1. The van der Waals surface area contributed by atoms with Crippen LogP contribution in [0.2, 0.25) is 5.02 Å². The number of hydrogen-bond donors (Lipinski definition) is 1. The Hall–Kier alpha value is -3.09. The van der Waals surface area contributed by atoms with Gasteiger partial charge >= 0.3 is 0 Å². The maximum Gasteiger partial charge on any atom is 0.266 e. The summed E-state index contributed by atoms with van der Waals surface area (Å²) >= 11 is 7.24. The summed E-state index contributed by atoms with van der Waals surface area (Å²) in [5.74, 6) is -0.0464. The van der Waals surface area contributed by atoms with Gasteiger partial charge in [-0.3, -0.25) is 14.2 Å². The van der Waals surface area contributed by atoms with Crippen LogP contribution in [-0.4, -0.2) is 21.2 Å². The summed E-state index contributed by atoms with van der Waals surface area (Å²) in [6.07, 6.45) is 0. The zero-order valence-corrected chi connectivity index (χ0v) is 18.6. The quantitative estimate of drug-likeness (QED) is 0.328. The molecule has 0 fully saturated rings. The number of anilines is 1. The Morgan fingerprint density at radius 3 is 2.55 bits per heavy atom. The molecule has 1 aromatic heterocycles. The molecule has 0 atom stereocenters. The molecule has 0 saturated carbocycles. The van der Waals surface area contributed by atoms with E-state index in [2.05, 4.69) is 10.3 Å². The first kappa shape index (κ1) is 21.2. The number of nitrogens with one attached hydrogen (secondary N) is 1. The average Bonchev–Trinajstić information content (AvgIpc) is 2.76. The lowest BCUT2D eigenvalue weighted by Gasteiger charge is -2.14. The summed E-state index contributed by atoms with van der Waals surface area (Å²) in [5, 5.41) is 4.49. The molecule has 1 N–H and O–H groups in total. The maximum atomic E-state index is 13.2. The number of hydrogen-bond acceptors (Lipinski definition) is 4. The van der Waals surface area contributed by atoms with Gasteiger partial charge in [0.05, 0.1) is 22.3 Å². The number of halogens is 1. The van der Waals surface area contributed by atoms with E-state index in [9.17, 15) is 9.59 Å². The summed E-state index contributed by atoms with van der Waals surface area (Å²) in [5.41, 5.74) is 3.97. The number of para-hydroxylation sites is 1. The number of fused-ring (bicyclic) bond motifs is 1. The van der Waals surface area contributed by atoms with Gasteiger partial charge in [-0.2, -0.15) is 0 Å². The van der Waals surface area contributed by atoms with Crippen LogP contribution in [0.15, 0.2) is 76.7 Å². The second-order valence-corrected chi connectivity index (χ2v) is 8.49. The standard InChI is InChI=1S/C24H20ClN3O2S/c1-15-6-5-9-20(16(15)2)26-22(29)14-31-24-27-21-8-4-3-7-19(21)23(30)28(24)18-12-10-17(25)11-13-18/h3-13H,14H2,1-2H3,(H,26,29). The number of carbonyl (C=O) groups excluding carboxylic acids is 1. The normalized spacial score (nSPS) is 10.9. The number of nitrogens with zero attached hydrogens (tertiary/aromatic N) is 2. The van der Waals surface area contributed by atoms with E-state index in [0.29, 0.717) is 26.8 Å². The Bertz CT molecular complexity index is 1330. The van der Waals surface area contributed by atoms with Gasteiger partial charge < -0.3 is 5.32 Å². The molecule has 156 valence electrons. The number of thioether (sulfide) groups is 1. The number of benzene rings is 3. The molecule has 3 aromatic carbocycles. The molecule has 1 heterocycles. The van der Waals surface area contributed by atoms with Crippen LogP contribution in [0.25, 0.3) is 16.6 Å². The molecule has 0 unspecified atom stereocenters. The lowest BCUT2D eigenvalue weighted by atomic mass is 10.1. The molecular formula is C24H20ClN3O2S. The third-order valence-corrected chi connectivity index (χ3v) is 6.23. The van der Waals surface area contributed by atoms with E-state index in [1.54, 1.807) is 36.4 Å². The van der Waals surface area contributed by atoms with Crippen LogP contribution >= 0.6 is 23.4 Å². The molecule has 7 heteroatoms. The van der Waals surface area contributed by atoms with Crippen molar-refractivity contribution >= 4 is 45.9 Å². The first-order valence-corrected chi connectivity index (χ1v) is 11.1. The first-order chi connectivity index (χ1) is 14.9. The Kier molecular flexibility index (Phi) is 6.11. The van der Waals surface area contributed by atoms with E-state index in [0.717, 1.165) is 16.8 Å². The monoisotopic (exact) mass is 449 g/mol. The molecule has 0 aliphatic carbocycles. The highest BCUT2D eigenvalue weighted by Gasteiger charge is 2.15. The van der Waals surface area contributed by atoms with Crippen LogP contribution < -0.4 is 10.9 Å². The lowest BCUT2D eigenvalue weighted by Crippen LogP contribution is -2.23. The van der Waals surface area contributed by atoms with Gasteiger partial charge in [0.25, 0.3) is 5.56 Å². The molecule has 0 saturated heterocycles. The fourth-order valence-corrected chi connectivity index (χ4v) is 4.17. The van der Waals surface area contributed by atoms with Crippen molar-refractivity contribution in [1.82, 2.24) is 9.55 Å². The second-order valence-electron chi connectivity index (χ2n) is 7.11. The summed E-state index contributed by atoms with van der Waals surface area (Å²) in [7, 11) is 0. The Balaban J connectivity index is 1.67. The van der Waals surface area contributed by atoms with Crippen molar-refractivity contribution in [2.75, 3.05) is 11.1 Å². The van der Waals surface area contributed by atoms with Gasteiger partial charge in [0, 0.05) is 10.7 Å². The first-order valence-electron chi connectivity index (χ1n) is 9.70. The zero-order chi connectivity index (χ0) is 22.0. The molecule has 31 heavy (non-hydrogen) atoms. The molecule has 5 nitrogen and oxygen atoms in total. The number of rotatable bonds is 5. The third kappa shape index (κ3) is 4.50. The average molecular weight is 450 g/mol. The molecule has 4 rings (SSSR count). The van der Waals surface area contributed by atoms with Gasteiger partial charge in [0.2, 0.25) is 5.91 Å². The van der Waals surface area contributed by atoms with Gasteiger partial charge in [-0.05, 0) is 67.4 Å². The molecule has 4 aromatic rings. The molecule has 0 bridgehead atoms. The molecule has 0 aliphatic rings. The number of aromatic nitrogens is 2. The molecule has 0 spiro atoms. The predicted molar refractivity (Wildman–Crippen MR) is 128 cm³/mol. The summed E-state index contributed by atoms with van der Waals surface area (Å²) in [6.45, 7) is 3.98. The third-order valence-electron chi connectivity index (χ3n) is 5.04. The summed E-state index contributed by atoms with van der Waals surface area (Å²) in [6, 6.07) is 20.0. The molecule has 0 aliphatic heterocycles. The minimum absolute atomic E-state index is 0.117. The van der Waals surface area contributed by atoms with Crippen molar-refractivity contribution in [2.45, 2.75) is 19.0 Å². The van der Waals surface area contributed by atoms with Crippen LogP contribution in [-0.2, 0) is 4.79 Å². The Morgan fingerprint density at radius 2 is 1.77 bits per heavy atom. The van der Waals surface area contributed by atoms with Crippen LogP contribution in [0.3, 0.4) is 0 Å². The second kappa shape index (κ2) is 8.96. The summed E-state index contributed by atoms with van der Waals surface area (Å²) in [4.78, 5) is 30.5. The van der Waals surface area contributed by atoms with E-state index in [1.165, 1.54) is 16.3 Å². The Morgan fingerprint density at radius 1 is 1.03 bits per heavy atom. The fourth-order valence-electron chi connectivity index (χ4n) is 3.23. The van der Waals surface area contributed by atoms with E-state index < -0.39 is 0 Å². The highest BCUT2D eigenvalue weighted by atomic mass is 35.5. The minimum atomic E-state index is -0.189. The fraction of sp³-hybridized carbons (Fsp3) is 0.125. The Labute approximate surface area is 189 Å². The highest BCUT2D eigenvalue weighted by Crippen LogP contribution is 2.23. The van der Waals surface area contributed by atoms with Gasteiger partial charge in [-0.1, -0.05) is 47.6 Å². The SMILES string of the molecule is Cc1cccc(NC(=O)CSc2nc3ccccc3c(=O)n2-c2ccc(Cl)cc2)c1C. The topological polar surface area (TPSA) is 64.0 Å². The van der Waals surface area contributed by atoms with Crippen LogP contribution in [0, 0.1) is 13.8 Å². The maximum absolute atomic E-state index is 13.2. The van der Waals surface area contributed by atoms with E-state index >= 15 is 0 Å². The molecule has 1 amide bonds. The van der Waals surface area contributed by atoms with Gasteiger partial charge in [-0.25, -0.2) is 4.98 Å².